The molecule has 1 unspecified atom stereocenters. The number of benzene rings is 2. The standard InChI is InChI=1S/C21H20N4O4S/c1-3-24-16-10-23-18-15(8-9-17-20(18)29-12-28-17)19(16)25(21(24)26)11-13-4-6-14(7-5-13)30(2,22)27/h4-10,22H,3,11-12H2,1-2H3. The third-order valence-electron chi connectivity index (χ3n) is 5.38. The zero-order chi connectivity index (χ0) is 21.0. The SMILES string of the molecule is CCn1c(=O)n(Cc2ccc(S(C)(=N)=O)cc2)c2c3ccc4c(c3ncc21)OCO4. The second-order valence-electron chi connectivity index (χ2n) is 7.29. The van der Waals surface area contributed by atoms with Gasteiger partial charge in [0.2, 0.25) is 6.79 Å². The molecule has 1 aliphatic heterocycles. The molecule has 0 aliphatic carbocycles. The van der Waals surface area contributed by atoms with Crippen molar-refractivity contribution in [3.8, 4) is 11.5 Å². The zero-order valence-corrected chi connectivity index (χ0v) is 17.4. The Balaban J connectivity index is 1.73. The molecule has 3 heterocycles. The maximum atomic E-state index is 13.2. The molecular formula is C21H20N4O4S. The van der Waals surface area contributed by atoms with E-state index in [1.165, 1.54) is 6.26 Å². The zero-order valence-electron chi connectivity index (χ0n) is 16.5. The van der Waals surface area contributed by atoms with Crippen LogP contribution in [0.1, 0.15) is 12.5 Å². The molecule has 8 nitrogen and oxygen atoms in total. The summed E-state index contributed by atoms with van der Waals surface area (Å²) in [6.07, 6.45) is 3.10. The number of hydrogen-bond acceptors (Lipinski definition) is 6. The summed E-state index contributed by atoms with van der Waals surface area (Å²) in [5.41, 5.74) is 2.96. The Morgan fingerprint density at radius 1 is 1.13 bits per heavy atom. The van der Waals surface area contributed by atoms with Crippen LogP contribution in [0.5, 0.6) is 11.5 Å². The van der Waals surface area contributed by atoms with Crippen LogP contribution in [-0.2, 0) is 22.8 Å². The van der Waals surface area contributed by atoms with Gasteiger partial charge in [0.15, 0.2) is 11.5 Å². The van der Waals surface area contributed by atoms with E-state index in [1.807, 2.05) is 31.2 Å². The van der Waals surface area contributed by atoms with Gasteiger partial charge < -0.3 is 9.47 Å². The summed E-state index contributed by atoms with van der Waals surface area (Å²) in [6.45, 7) is 2.95. The second-order valence-corrected chi connectivity index (χ2v) is 9.45. The highest BCUT2D eigenvalue weighted by atomic mass is 32.2. The number of pyridine rings is 1. The number of nitrogens with zero attached hydrogens (tertiary/aromatic N) is 3. The van der Waals surface area contributed by atoms with Crippen LogP contribution in [0.15, 0.2) is 52.3 Å². The Kier molecular flexibility index (Phi) is 4.11. The van der Waals surface area contributed by atoms with Gasteiger partial charge in [0.05, 0.1) is 33.5 Å². The van der Waals surface area contributed by atoms with Gasteiger partial charge in [0.25, 0.3) is 0 Å². The molecule has 30 heavy (non-hydrogen) atoms. The smallest absolute Gasteiger partial charge is 0.329 e. The highest BCUT2D eigenvalue weighted by Crippen LogP contribution is 2.40. The van der Waals surface area contributed by atoms with Crippen LogP contribution in [-0.4, -0.2) is 31.4 Å². The minimum Gasteiger partial charge on any atom is -0.454 e. The minimum absolute atomic E-state index is 0.122. The fourth-order valence-corrected chi connectivity index (χ4v) is 4.57. The van der Waals surface area contributed by atoms with Crippen molar-refractivity contribution >= 4 is 31.7 Å². The Bertz CT molecular complexity index is 1470. The van der Waals surface area contributed by atoms with E-state index in [2.05, 4.69) is 4.98 Å². The van der Waals surface area contributed by atoms with E-state index < -0.39 is 9.73 Å². The average molecular weight is 424 g/mol. The van der Waals surface area contributed by atoms with Gasteiger partial charge in [-0.3, -0.25) is 9.13 Å². The summed E-state index contributed by atoms with van der Waals surface area (Å²) < 4.78 is 34.2. The van der Waals surface area contributed by atoms with Crippen molar-refractivity contribution in [3.05, 3.63) is 58.6 Å². The second kappa shape index (κ2) is 6.60. The molecule has 0 amide bonds. The van der Waals surface area contributed by atoms with Gasteiger partial charge in [-0.05, 0) is 36.8 Å². The van der Waals surface area contributed by atoms with Crippen LogP contribution in [0.3, 0.4) is 0 Å². The van der Waals surface area contributed by atoms with Gasteiger partial charge in [-0.15, -0.1) is 0 Å². The molecule has 1 atom stereocenters. The molecule has 0 saturated carbocycles. The van der Waals surface area contributed by atoms with E-state index in [4.69, 9.17) is 14.3 Å². The summed E-state index contributed by atoms with van der Waals surface area (Å²) in [5, 5.41) is 0.820. The van der Waals surface area contributed by atoms with E-state index in [0.29, 0.717) is 35.0 Å². The van der Waals surface area contributed by atoms with Gasteiger partial charge in [-0.25, -0.2) is 18.8 Å². The molecule has 5 rings (SSSR count). The van der Waals surface area contributed by atoms with E-state index in [0.717, 1.165) is 22.0 Å². The number of rotatable bonds is 4. The van der Waals surface area contributed by atoms with Crippen molar-refractivity contribution in [1.29, 1.82) is 4.78 Å². The molecule has 154 valence electrons. The Labute approximate surface area is 172 Å². The number of nitrogens with one attached hydrogen (secondary N) is 1. The number of ether oxygens (including phenoxy) is 2. The van der Waals surface area contributed by atoms with Crippen LogP contribution in [0.25, 0.3) is 21.9 Å². The lowest BCUT2D eigenvalue weighted by molar-refractivity contribution is 0.174. The lowest BCUT2D eigenvalue weighted by Gasteiger charge is -2.08. The number of imidazole rings is 1. The van der Waals surface area contributed by atoms with Crippen molar-refractivity contribution in [2.24, 2.45) is 0 Å². The van der Waals surface area contributed by atoms with Crippen LogP contribution in [0.4, 0.5) is 0 Å². The monoisotopic (exact) mass is 424 g/mol. The molecule has 0 saturated heterocycles. The maximum Gasteiger partial charge on any atom is 0.329 e. The van der Waals surface area contributed by atoms with Crippen LogP contribution in [0, 0.1) is 4.78 Å². The number of fused-ring (bicyclic) bond motifs is 5. The third-order valence-corrected chi connectivity index (χ3v) is 6.55. The number of aromatic nitrogens is 3. The number of aryl methyl sites for hydroxylation is 1. The molecule has 0 spiro atoms. The third kappa shape index (κ3) is 2.77. The number of hydrogen-bond donors (Lipinski definition) is 1. The van der Waals surface area contributed by atoms with Crippen LogP contribution >= 0.6 is 0 Å². The lowest BCUT2D eigenvalue weighted by atomic mass is 10.1. The summed E-state index contributed by atoms with van der Waals surface area (Å²) in [7, 11) is -2.78. The van der Waals surface area contributed by atoms with Gasteiger partial charge in [0, 0.05) is 23.1 Å². The Hall–Kier alpha value is -3.33. The maximum absolute atomic E-state index is 13.2. The minimum atomic E-state index is -2.78. The molecule has 4 aromatic rings. The van der Waals surface area contributed by atoms with Gasteiger partial charge in [-0.1, -0.05) is 12.1 Å². The molecule has 0 radical (unpaired) electrons. The molecule has 0 fully saturated rings. The molecule has 2 aromatic heterocycles. The Morgan fingerprint density at radius 2 is 1.90 bits per heavy atom. The van der Waals surface area contributed by atoms with E-state index in [1.54, 1.807) is 27.5 Å². The molecular weight excluding hydrogens is 404 g/mol. The molecule has 1 N–H and O–H groups in total. The average Bonchev–Trinajstić information content (AvgIpc) is 3.30. The molecule has 0 bridgehead atoms. The van der Waals surface area contributed by atoms with Crippen LogP contribution < -0.4 is 15.2 Å². The Morgan fingerprint density at radius 3 is 2.60 bits per heavy atom. The quantitative estimate of drug-likeness (QED) is 0.542. The lowest BCUT2D eigenvalue weighted by Crippen LogP contribution is -2.24. The first-order chi connectivity index (χ1) is 14.4. The van der Waals surface area contributed by atoms with Gasteiger partial charge in [-0.2, -0.15) is 0 Å². The van der Waals surface area contributed by atoms with Crippen molar-refractivity contribution < 1.29 is 13.7 Å². The largest absolute Gasteiger partial charge is 0.454 e. The van der Waals surface area contributed by atoms with Crippen LogP contribution in [0.2, 0.25) is 0 Å². The normalized spacial score (nSPS) is 15.0. The highest BCUT2D eigenvalue weighted by molar-refractivity contribution is 7.91. The summed E-state index contributed by atoms with van der Waals surface area (Å²) >= 11 is 0. The first-order valence-electron chi connectivity index (χ1n) is 9.51. The van der Waals surface area contributed by atoms with Gasteiger partial charge >= 0.3 is 5.69 Å². The molecule has 2 aromatic carbocycles. The fourth-order valence-electron chi connectivity index (χ4n) is 3.92. The van der Waals surface area contributed by atoms with Crippen molar-refractivity contribution in [1.82, 2.24) is 14.1 Å². The summed E-state index contributed by atoms with van der Waals surface area (Å²) in [4.78, 5) is 18.2. The van der Waals surface area contributed by atoms with Crippen molar-refractivity contribution in [3.63, 3.8) is 0 Å². The van der Waals surface area contributed by atoms with E-state index in [-0.39, 0.29) is 12.5 Å². The summed E-state index contributed by atoms with van der Waals surface area (Å²) in [6, 6.07) is 10.7. The topological polar surface area (TPSA) is 99.2 Å². The fraction of sp³-hybridized carbons (Fsp3) is 0.238. The predicted octanol–water partition coefficient (Wildman–Crippen LogP) is 3.18. The van der Waals surface area contributed by atoms with Gasteiger partial charge in [0.1, 0.15) is 5.52 Å². The van der Waals surface area contributed by atoms with E-state index >= 15 is 0 Å². The van der Waals surface area contributed by atoms with E-state index in [9.17, 15) is 9.00 Å². The highest BCUT2D eigenvalue weighted by Gasteiger charge is 2.22. The summed E-state index contributed by atoms with van der Waals surface area (Å²) in [5.74, 6) is 1.24. The first kappa shape index (κ1) is 18.7. The predicted molar refractivity (Wildman–Crippen MR) is 114 cm³/mol. The van der Waals surface area contributed by atoms with Crippen molar-refractivity contribution in [2.45, 2.75) is 24.9 Å². The molecule has 9 heteroatoms. The molecule has 1 aliphatic rings. The first-order valence-corrected chi connectivity index (χ1v) is 11.5. The van der Waals surface area contributed by atoms with Crippen molar-refractivity contribution in [2.75, 3.05) is 13.0 Å².